The van der Waals surface area contributed by atoms with Gasteiger partial charge in [0.2, 0.25) is 11.8 Å². The third kappa shape index (κ3) is 16.6. The molecule has 12 nitrogen and oxygen atoms in total. The summed E-state index contributed by atoms with van der Waals surface area (Å²) in [7, 11) is 0. The van der Waals surface area contributed by atoms with Crippen molar-refractivity contribution in [2.45, 2.75) is 111 Å². The third-order valence-corrected chi connectivity index (χ3v) is 13.9. The SMILES string of the molecule is C=C(NCCOCCOCCOCCOCCOCCNC(=O)C1CC(C2CC2)CN(C(=C)/C(C#N)=C/C(C)(C)C)C1)C1CCC(C2CCC3C(CCCN3C(C)=O)C2)CC1. The monoisotopic (exact) mass is 852 g/mol. The van der Waals surface area contributed by atoms with Gasteiger partial charge in [-0.2, -0.15) is 5.26 Å². The predicted octanol–water partition coefficient (Wildman–Crippen LogP) is 6.88. The van der Waals surface area contributed by atoms with Crippen molar-refractivity contribution in [1.29, 1.82) is 5.26 Å². The number of carbonyl (C=O) groups excluding carboxylic acids is 2. The van der Waals surface area contributed by atoms with E-state index in [2.05, 4.69) is 60.4 Å². The molecule has 2 saturated heterocycles. The largest absolute Gasteiger partial charge is 0.386 e. The molecule has 0 aromatic heterocycles. The molecule has 0 radical (unpaired) electrons. The molecule has 2 aliphatic heterocycles. The lowest BCUT2D eigenvalue weighted by Gasteiger charge is -2.48. The van der Waals surface area contributed by atoms with Crippen LogP contribution in [0.1, 0.15) is 105 Å². The van der Waals surface area contributed by atoms with Gasteiger partial charge in [-0.25, -0.2) is 0 Å². The molecule has 0 aromatic carbocycles. The topological polar surface area (TPSA) is 135 Å². The number of hydrogen-bond donors (Lipinski definition) is 2. The predicted molar refractivity (Wildman–Crippen MR) is 239 cm³/mol. The van der Waals surface area contributed by atoms with E-state index in [-0.39, 0.29) is 23.1 Å². The number of piperidine rings is 2. The van der Waals surface area contributed by atoms with Crippen LogP contribution in [0.15, 0.2) is 36.2 Å². The summed E-state index contributed by atoms with van der Waals surface area (Å²) in [6.45, 7) is 25.3. The van der Waals surface area contributed by atoms with Crippen LogP contribution >= 0.6 is 0 Å². The molecule has 3 aliphatic carbocycles. The number of nitrogens with zero attached hydrogens (tertiary/aromatic N) is 3. The number of hydrogen-bond acceptors (Lipinski definition) is 10. The molecule has 5 aliphatic rings. The fourth-order valence-electron chi connectivity index (χ4n) is 10.5. The van der Waals surface area contributed by atoms with Crippen LogP contribution in [-0.2, 0) is 33.3 Å². The molecule has 2 heterocycles. The lowest BCUT2D eigenvalue weighted by molar-refractivity contribution is -0.136. The summed E-state index contributed by atoms with van der Waals surface area (Å²) in [4.78, 5) is 29.6. The average molecular weight is 852 g/mol. The van der Waals surface area contributed by atoms with E-state index >= 15 is 0 Å². The van der Waals surface area contributed by atoms with Gasteiger partial charge in [0, 0.05) is 57.1 Å². The van der Waals surface area contributed by atoms with Gasteiger partial charge in [-0.1, -0.05) is 40.0 Å². The van der Waals surface area contributed by atoms with Gasteiger partial charge in [0.15, 0.2) is 0 Å². The van der Waals surface area contributed by atoms with Crippen LogP contribution in [0, 0.1) is 58.2 Å². The van der Waals surface area contributed by atoms with Crippen LogP contribution in [0.25, 0.3) is 0 Å². The molecule has 12 heteroatoms. The smallest absolute Gasteiger partial charge is 0.224 e. The van der Waals surface area contributed by atoms with Gasteiger partial charge in [0.1, 0.15) is 6.07 Å². The van der Waals surface area contributed by atoms with Crippen molar-refractivity contribution in [3.05, 3.63) is 36.2 Å². The van der Waals surface area contributed by atoms with E-state index < -0.39 is 0 Å². The Kier molecular flexibility index (Phi) is 20.4. The molecule has 5 fully saturated rings. The lowest BCUT2D eigenvalue weighted by Crippen LogP contribution is -2.50. The first kappa shape index (κ1) is 49.1. The Balaban J connectivity index is 0.783. The minimum absolute atomic E-state index is 0.0468. The molecule has 2 amide bonds. The van der Waals surface area contributed by atoms with Gasteiger partial charge in [0.05, 0.1) is 77.6 Å². The fraction of sp³-hybridized carbons (Fsp3) is 0.816. The summed E-state index contributed by atoms with van der Waals surface area (Å²) in [6.07, 6.45) is 16.6. The number of amides is 2. The highest BCUT2D eigenvalue weighted by Crippen LogP contribution is 2.46. The van der Waals surface area contributed by atoms with Crippen LogP contribution in [-0.4, -0.2) is 126 Å². The maximum absolute atomic E-state index is 13.2. The molecule has 3 saturated carbocycles. The number of likely N-dealkylation sites (tertiary alicyclic amines) is 2. The number of ether oxygens (including phenoxy) is 5. The number of nitriles is 1. The Morgan fingerprint density at radius 1 is 0.672 bits per heavy atom. The molecular formula is C49H81N5O7. The van der Waals surface area contributed by atoms with E-state index in [0.717, 1.165) is 49.3 Å². The summed E-state index contributed by atoms with van der Waals surface area (Å²) in [6, 6.07) is 2.84. The molecular weight excluding hydrogens is 771 g/mol. The zero-order chi connectivity index (χ0) is 43.6. The number of carbonyl (C=O) groups is 2. The first-order valence-corrected chi connectivity index (χ1v) is 23.9. The number of allylic oxidation sites excluding steroid dienone is 3. The van der Waals surface area contributed by atoms with Crippen molar-refractivity contribution < 1.29 is 33.3 Å². The van der Waals surface area contributed by atoms with Crippen LogP contribution in [0.4, 0.5) is 0 Å². The van der Waals surface area contributed by atoms with E-state index in [9.17, 15) is 14.9 Å². The highest BCUT2D eigenvalue weighted by molar-refractivity contribution is 5.79. The molecule has 344 valence electrons. The Morgan fingerprint density at radius 3 is 1.77 bits per heavy atom. The Bertz CT molecular complexity index is 1460. The molecule has 0 bridgehead atoms. The molecule has 5 atom stereocenters. The van der Waals surface area contributed by atoms with E-state index in [1.807, 2.05) is 6.08 Å². The second-order valence-corrected chi connectivity index (χ2v) is 19.6. The quantitative estimate of drug-likeness (QED) is 0.0569. The van der Waals surface area contributed by atoms with Crippen molar-refractivity contribution >= 4 is 11.8 Å². The summed E-state index contributed by atoms with van der Waals surface area (Å²) in [5.41, 5.74) is 2.36. The van der Waals surface area contributed by atoms with Crippen molar-refractivity contribution in [2.24, 2.45) is 46.8 Å². The molecule has 2 N–H and O–H groups in total. The van der Waals surface area contributed by atoms with Gasteiger partial charge >= 0.3 is 0 Å². The first-order chi connectivity index (χ1) is 29.4. The molecule has 5 rings (SSSR count). The molecule has 0 aromatic rings. The van der Waals surface area contributed by atoms with E-state index in [0.29, 0.717) is 114 Å². The van der Waals surface area contributed by atoms with Gasteiger partial charge in [-0.05, 0) is 118 Å². The van der Waals surface area contributed by atoms with Gasteiger partial charge < -0.3 is 44.1 Å². The summed E-state index contributed by atoms with van der Waals surface area (Å²) in [5.74, 6) is 4.24. The van der Waals surface area contributed by atoms with Gasteiger partial charge in [-0.15, -0.1) is 0 Å². The maximum atomic E-state index is 13.2. The van der Waals surface area contributed by atoms with Crippen LogP contribution in [0.5, 0.6) is 0 Å². The Hall–Kier alpha value is -2.95. The molecule has 0 spiro atoms. The standard InChI is InChI=1S/C49H81N5O7/c1-36(39-9-11-40(12-10-39)42-15-16-47-43(30-42)8-7-19-54(47)38(3)55)51-17-20-57-22-24-59-26-28-61-29-27-60-25-23-58-21-18-52-48(56)45-31-44(41-13-14-41)34-53(35-45)37(2)46(33-50)32-49(4,5)6/h32,39-45,47,51H,1-2,7-31,34-35H2,3-6H3,(H,52,56)/b46-32+. The zero-order valence-corrected chi connectivity index (χ0v) is 38.4. The summed E-state index contributed by atoms with van der Waals surface area (Å²) in [5, 5.41) is 16.4. The summed E-state index contributed by atoms with van der Waals surface area (Å²) < 4.78 is 28.3. The van der Waals surface area contributed by atoms with Gasteiger partial charge in [0.25, 0.3) is 0 Å². The first-order valence-electron chi connectivity index (χ1n) is 23.9. The van der Waals surface area contributed by atoms with Crippen LogP contribution in [0.2, 0.25) is 0 Å². The second-order valence-electron chi connectivity index (χ2n) is 19.6. The van der Waals surface area contributed by atoms with Crippen molar-refractivity contribution in [3.63, 3.8) is 0 Å². The Morgan fingerprint density at radius 2 is 1.21 bits per heavy atom. The van der Waals surface area contributed by atoms with Crippen LogP contribution < -0.4 is 10.6 Å². The van der Waals surface area contributed by atoms with Gasteiger partial charge in [-0.3, -0.25) is 9.59 Å². The van der Waals surface area contributed by atoms with Crippen molar-refractivity contribution in [1.82, 2.24) is 20.4 Å². The number of nitrogens with one attached hydrogen (secondary N) is 2. The average Bonchev–Trinajstić information content (AvgIpc) is 4.11. The third-order valence-electron chi connectivity index (χ3n) is 13.9. The summed E-state index contributed by atoms with van der Waals surface area (Å²) >= 11 is 0. The number of rotatable bonds is 25. The maximum Gasteiger partial charge on any atom is 0.224 e. The second kappa shape index (κ2) is 25.4. The van der Waals surface area contributed by atoms with Crippen molar-refractivity contribution in [3.8, 4) is 6.07 Å². The zero-order valence-electron chi connectivity index (χ0n) is 38.4. The molecule has 61 heavy (non-hydrogen) atoms. The number of fused-ring (bicyclic) bond motifs is 1. The van der Waals surface area contributed by atoms with E-state index in [1.165, 1.54) is 70.6 Å². The highest BCUT2D eigenvalue weighted by Gasteiger charge is 2.42. The van der Waals surface area contributed by atoms with E-state index in [4.69, 9.17) is 23.7 Å². The minimum Gasteiger partial charge on any atom is -0.386 e. The Labute approximate surface area is 368 Å². The van der Waals surface area contributed by atoms with Crippen LogP contribution in [0.3, 0.4) is 0 Å². The van der Waals surface area contributed by atoms with Crippen molar-refractivity contribution in [2.75, 3.05) is 98.8 Å². The fourth-order valence-corrected chi connectivity index (χ4v) is 10.5. The minimum atomic E-state index is -0.131. The normalized spacial score (nSPS) is 27.2. The lowest BCUT2D eigenvalue weighted by atomic mass is 9.65. The highest BCUT2D eigenvalue weighted by atomic mass is 16.6. The molecule has 5 unspecified atom stereocenters. The van der Waals surface area contributed by atoms with E-state index in [1.54, 1.807) is 6.92 Å².